The molecule has 3 aromatic heterocycles. The van der Waals surface area contributed by atoms with Crippen molar-refractivity contribution in [1.29, 1.82) is 0 Å². The summed E-state index contributed by atoms with van der Waals surface area (Å²) >= 11 is 0. The molecular weight excluding hydrogens is 414 g/mol. The topological polar surface area (TPSA) is 91.7 Å². The molecule has 0 bridgehead atoms. The third-order valence-corrected chi connectivity index (χ3v) is 8.01. The van der Waals surface area contributed by atoms with Crippen molar-refractivity contribution in [3.8, 4) is 0 Å². The second-order valence-electron chi connectivity index (χ2n) is 10.1. The van der Waals surface area contributed by atoms with Crippen LogP contribution in [0.4, 0.5) is 5.82 Å². The van der Waals surface area contributed by atoms with Crippen LogP contribution >= 0.6 is 0 Å². The van der Waals surface area contributed by atoms with E-state index in [1.54, 1.807) is 6.20 Å². The third-order valence-electron chi connectivity index (χ3n) is 8.01. The molecule has 1 unspecified atom stereocenters. The zero-order valence-corrected chi connectivity index (χ0v) is 19.4. The number of amides is 1. The number of aromatic nitrogens is 5. The van der Waals surface area contributed by atoms with Crippen molar-refractivity contribution < 1.29 is 4.79 Å². The minimum Gasteiger partial charge on any atom is -0.356 e. The molecule has 1 spiro atoms. The zero-order chi connectivity index (χ0) is 22.6. The number of fused-ring (bicyclic) bond motifs is 1. The summed E-state index contributed by atoms with van der Waals surface area (Å²) in [4.78, 5) is 20.2. The van der Waals surface area contributed by atoms with E-state index in [4.69, 9.17) is 4.98 Å². The van der Waals surface area contributed by atoms with Crippen LogP contribution in [0.15, 0.2) is 24.5 Å². The van der Waals surface area contributed by atoms with Gasteiger partial charge in [-0.2, -0.15) is 10.2 Å². The molecule has 2 N–H and O–H groups in total. The Hall–Kier alpha value is -3.16. The first-order chi connectivity index (χ1) is 16.0. The van der Waals surface area contributed by atoms with Crippen molar-refractivity contribution in [2.24, 2.45) is 5.41 Å². The summed E-state index contributed by atoms with van der Waals surface area (Å²) in [7, 11) is 0. The van der Waals surface area contributed by atoms with Crippen LogP contribution in [0.1, 0.15) is 76.7 Å². The monoisotopic (exact) mass is 445 g/mol. The maximum atomic E-state index is 12.8. The van der Waals surface area contributed by atoms with Crippen molar-refractivity contribution in [3.05, 3.63) is 58.3 Å². The Balaban J connectivity index is 1.10. The fraction of sp³-hybridized carbons (Fsp3) is 0.520. The van der Waals surface area contributed by atoms with Crippen molar-refractivity contribution in [2.75, 3.05) is 18.0 Å². The summed E-state index contributed by atoms with van der Waals surface area (Å²) in [6.45, 7) is 6.96. The standard InChI is InChI=1S/C25H31N7O/c1-16-18(4-7-22(27-16)31-11-10-25(15-31)8-3-9-25)13-32-14-19(12-26-32)24(33)28-21-6-5-20-17(2)29-30-23(20)21/h4,7,12,14,21H,3,5-6,8-11,13,15H2,1-2H3,(H,28,33)(H,29,30). The highest BCUT2D eigenvalue weighted by molar-refractivity contribution is 5.94. The van der Waals surface area contributed by atoms with Gasteiger partial charge in [0.15, 0.2) is 0 Å². The van der Waals surface area contributed by atoms with E-state index in [2.05, 4.69) is 44.6 Å². The molecule has 8 heteroatoms. The molecule has 1 saturated carbocycles. The quantitative estimate of drug-likeness (QED) is 0.628. The van der Waals surface area contributed by atoms with E-state index >= 15 is 0 Å². The number of nitrogens with one attached hydrogen (secondary N) is 2. The lowest BCUT2D eigenvalue weighted by atomic mass is 9.68. The number of hydrogen-bond donors (Lipinski definition) is 2. The molecular formula is C25H31N7O. The molecule has 2 fully saturated rings. The SMILES string of the molecule is Cc1nc(N2CCC3(CCC3)C2)ccc1Cn1cc(C(=O)NC2CCc3c2n[nH]c3C)cn1. The Labute approximate surface area is 193 Å². The lowest BCUT2D eigenvalue weighted by Gasteiger charge is -2.38. The molecule has 0 aromatic carbocycles. The van der Waals surface area contributed by atoms with Crippen LogP contribution in [0, 0.1) is 19.3 Å². The van der Waals surface area contributed by atoms with Crippen LogP contribution in [0.5, 0.6) is 0 Å². The predicted octanol–water partition coefficient (Wildman–Crippen LogP) is 3.46. The van der Waals surface area contributed by atoms with Crippen LogP contribution < -0.4 is 10.2 Å². The minimum absolute atomic E-state index is 0.0375. The molecule has 172 valence electrons. The Kier molecular flexibility index (Phi) is 4.78. The molecule has 1 atom stereocenters. The molecule has 1 amide bonds. The van der Waals surface area contributed by atoms with Gasteiger partial charge in [0.2, 0.25) is 0 Å². The Morgan fingerprint density at radius 1 is 1.27 bits per heavy atom. The zero-order valence-electron chi connectivity index (χ0n) is 19.4. The molecule has 8 nitrogen and oxygen atoms in total. The Bertz CT molecular complexity index is 1210. The van der Waals surface area contributed by atoms with Crippen LogP contribution in [-0.2, 0) is 13.0 Å². The lowest BCUT2D eigenvalue weighted by molar-refractivity contribution is 0.0936. The first kappa shape index (κ1) is 20.4. The van der Waals surface area contributed by atoms with E-state index in [0.29, 0.717) is 17.5 Å². The van der Waals surface area contributed by atoms with E-state index in [-0.39, 0.29) is 11.9 Å². The summed E-state index contributed by atoms with van der Waals surface area (Å²) in [6, 6.07) is 4.26. The molecule has 3 aliphatic rings. The Morgan fingerprint density at radius 3 is 2.91 bits per heavy atom. The van der Waals surface area contributed by atoms with Crippen LogP contribution in [0.25, 0.3) is 0 Å². The summed E-state index contributed by atoms with van der Waals surface area (Å²) < 4.78 is 1.82. The average molecular weight is 446 g/mol. The van der Waals surface area contributed by atoms with Gasteiger partial charge in [0.1, 0.15) is 5.82 Å². The molecule has 1 saturated heterocycles. The van der Waals surface area contributed by atoms with Gasteiger partial charge in [-0.05, 0) is 68.6 Å². The highest BCUT2D eigenvalue weighted by Gasteiger charge is 2.43. The largest absolute Gasteiger partial charge is 0.356 e. The second kappa shape index (κ2) is 7.71. The fourth-order valence-corrected chi connectivity index (χ4v) is 5.76. The van der Waals surface area contributed by atoms with Crippen molar-refractivity contribution in [2.45, 2.75) is 65.0 Å². The van der Waals surface area contributed by atoms with E-state index in [9.17, 15) is 4.79 Å². The van der Waals surface area contributed by atoms with Gasteiger partial charge >= 0.3 is 0 Å². The van der Waals surface area contributed by atoms with Gasteiger partial charge in [0.05, 0.1) is 30.0 Å². The summed E-state index contributed by atoms with van der Waals surface area (Å²) in [5.41, 5.74) is 6.58. The van der Waals surface area contributed by atoms with Crippen molar-refractivity contribution >= 4 is 11.7 Å². The number of pyridine rings is 1. The van der Waals surface area contributed by atoms with Crippen molar-refractivity contribution in [3.63, 3.8) is 0 Å². The van der Waals surface area contributed by atoms with Gasteiger partial charge in [-0.3, -0.25) is 14.6 Å². The van der Waals surface area contributed by atoms with Crippen LogP contribution in [0.3, 0.4) is 0 Å². The van der Waals surface area contributed by atoms with Gasteiger partial charge in [0.25, 0.3) is 5.91 Å². The molecule has 3 aromatic rings. The lowest BCUT2D eigenvalue weighted by Crippen LogP contribution is -2.33. The van der Waals surface area contributed by atoms with Gasteiger partial charge in [0, 0.05) is 30.7 Å². The number of carbonyl (C=O) groups is 1. The number of rotatable bonds is 5. The number of hydrogen-bond acceptors (Lipinski definition) is 5. The maximum absolute atomic E-state index is 12.8. The number of anilines is 1. The molecule has 4 heterocycles. The Morgan fingerprint density at radius 2 is 2.15 bits per heavy atom. The summed E-state index contributed by atoms with van der Waals surface area (Å²) in [5, 5.41) is 14.9. The van der Waals surface area contributed by atoms with E-state index in [1.807, 2.05) is 17.8 Å². The molecule has 33 heavy (non-hydrogen) atoms. The van der Waals surface area contributed by atoms with E-state index in [1.165, 1.54) is 31.2 Å². The predicted molar refractivity (Wildman–Crippen MR) is 125 cm³/mol. The molecule has 6 rings (SSSR count). The normalized spacial score (nSPS) is 20.8. The van der Waals surface area contributed by atoms with Crippen LogP contribution in [0.2, 0.25) is 0 Å². The first-order valence-electron chi connectivity index (χ1n) is 12.1. The molecule has 1 aliphatic heterocycles. The third kappa shape index (κ3) is 3.61. The molecule has 0 radical (unpaired) electrons. The average Bonchev–Trinajstić information content (AvgIpc) is 3.55. The number of H-pyrrole nitrogens is 1. The molecule has 2 aliphatic carbocycles. The van der Waals surface area contributed by atoms with E-state index in [0.717, 1.165) is 54.4 Å². The number of nitrogens with zero attached hydrogens (tertiary/aromatic N) is 5. The maximum Gasteiger partial charge on any atom is 0.255 e. The van der Waals surface area contributed by atoms with Gasteiger partial charge < -0.3 is 10.2 Å². The van der Waals surface area contributed by atoms with Gasteiger partial charge in [-0.15, -0.1) is 0 Å². The van der Waals surface area contributed by atoms with Gasteiger partial charge in [-0.1, -0.05) is 12.5 Å². The number of aromatic amines is 1. The number of carbonyl (C=O) groups excluding carboxylic acids is 1. The fourth-order valence-electron chi connectivity index (χ4n) is 5.76. The first-order valence-corrected chi connectivity index (χ1v) is 12.1. The number of aryl methyl sites for hydroxylation is 2. The highest BCUT2D eigenvalue weighted by Crippen LogP contribution is 2.48. The van der Waals surface area contributed by atoms with Gasteiger partial charge in [-0.25, -0.2) is 4.98 Å². The van der Waals surface area contributed by atoms with Crippen LogP contribution in [-0.4, -0.2) is 44.0 Å². The van der Waals surface area contributed by atoms with E-state index < -0.39 is 0 Å². The smallest absolute Gasteiger partial charge is 0.255 e. The summed E-state index contributed by atoms with van der Waals surface area (Å²) in [6.07, 6.45) is 10.7. The van der Waals surface area contributed by atoms with Crippen molar-refractivity contribution in [1.82, 2.24) is 30.3 Å². The minimum atomic E-state index is -0.107. The second-order valence-corrected chi connectivity index (χ2v) is 10.1. The highest BCUT2D eigenvalue weighted by atomic mass is 16.1. The summed E-state index contributed by atoms with van der Waals surface area (Å²) in [5.74, 6) is 0.981.